The summed E-state index contributed by atoms with van der Waals surface area (Å²) >= 11 is 0. The van der Waals surface area contributed by atoms with Crippen LogP contribution in [0, 0.1) is 5.95 Å². The number of aromatic nitrogens is 2. The highest BCUT2D eigenvalue weighted by molar-refractivity contribution is 5.70. The van der Waals surface area contributed by atoms with Crippen LogP contribution in [0.3, 0.4) is 0 Å². The maximum atomic E-state index is 14.4. The van der Waals surface area contributed by atoms with Crippen LogP contribution in [0.15, 0.2) is 60.7 Å². The molecule has 2 aromatic heterocycles. The van der Waals surface area contributed by atoms with Crippen LogP contribution >= 0.6 is 0 Å². The van der Waals surface area contributed by atoms with Crippen LogP contribution in [0.25, 0.3) is 11.1 Å². The molecule has 0 fully saturated rings. The van der Waals surface area contributed by atoms with E-state index in [-0.39, 0.29) is 0 Å². The molecule has 1 atom stereocenters. The number of fused-ring (bicyclic) bond motifs is 4. The summed E-state index contributed by atoms with van der Waals surface area (Å²) in [6, 6.07) is 10.9. The third-order valence-corrected chi connectivity index (χ3v) is 6.16. The normalized spacial score (nSPS) is 18.7. The quantitative estimate of drug-likeness (QED) is 0.573. The number of pyridine rings is 2. The number of nitrogens with one attached hydrogen (secondary N) is 1. The van der Waals surface area contributed by atoms with Crippen molar-refractivity contribution >= 4 is 0 Å². The van der Waals surface area contributed by atoms with E-state index in [0.29, 0.717) is 47.5 Å². The minimum atomic E-state index is -0.648. The summed E-state index contributed by atoms with van der Waals surface area (Å²) in [4.78, 5) is 8.31. The predicted octanol–water partition coefficient (Wildman–Crippen LogP) is 3.88. The molecule has 1 spiro atoms. The van der Waals surface area contributed by atoms with E-state index in [2.05, 4.69) is 15.3 Å². The van der Waals surface area contributed by atoms with Crippen molar-refractivity contribution in [3.63, 3.8) is 0 Å². The minimum absolute atomic E-state index is 0.356. The lowest BCUT2D eigenvalue weighted by Crippen LogP contribution is -2.35. The SMILES string of the molecule is COC(C)(C)COc1cnc2c(c1)C1(C=C(N)NC1)c1cc(-c3cccnc3F)ccc1O2. The van der Waals surface area contributed by atoms with Gasteiger partial charge in [-0.3, -0.25) is 0 Å². The Morgan fingerprint density at radius 1 is 1.21 bits per heavy atom. The maximum Gasteiger partial charge on any atom is 0.223 e. The topological polar surface area (TPSA) is 91.5 Å². The predicted molar refractivity (Wildman–Crippen MR) is 122 cm³/mol. The number of rotatable bonds is 5. The largest absolute Gasteiger partial charge is 0.489 e. The van der Waals surface area contributed by atoms with Crippen molar-refractivity contribution < 1.29 is 18.6 Å². The number of methoxy groups -OCH3 is 1. The summed E-state index contributed by atoms with van der Waals surface area (Å²) < 4.78 is 32.0. The lowest BCUT2D eigenvalue weighted by molar-refractivity contribution is -0.0147. The third-order valence-electron chi connectivity index (χ3n) is 6.16. The first-order chi connectivity index (χ1) is 15.8. The lowest BCUT2D eigenvalue weighted by Gasteiger charge is -2.35. The van der Waals surface area contributed by atoms with Gasteiger partial charge in [-0.15, -0.1) is 0 Å². The highest BCUT2D eigenvalue weighted by Crippen LogP contribution is 2.51. The van der Waals surface area contributed by atoms with Crippen molar-refractivity contribution in [3.05, 3.63) is 77.8 Å². The molecular formula is C25H25FN4O3. The molecule has 3 N–H and O–H groups in total. The number of nitrogens with zero attached hydrogens (tertiary/aromatic N) is 2. The van der Waals surface area contributed by atoms with Gasteiger partial charge in [-0.25, -0.2) is 9.97 Å². The Morgan fingerprint density at radius 2 is 2.06 bits per heavy atom. The number of hydrogen-bond acceptors (Lipinski definition) is 7. The van der Waals surface area contributed by atoms with Crippen molar-refractivity contribution in [2.45, 2.75) is 24.9 Å². The monoisotopic (exact) mass is 448 g/mol. The molecule has 1 aromatic carbocycles. The Bertz CT molecular complexity index is 1260. The first-order valence-corrected chi connectivity index (χ1v) is 10.7. The van der Waals surface area contributed by atoms with Crippen molar-refractivity contribution in [1.29, 1.82) is 0 Å². The fourth-order valence-electron chi connectivity index (χ4n) is 4.17. The minimum Gasteiger partial charge on any atom is -0.489 e. The van der Waals surface area contributed by atoms with Gasteiger partial charge in [0.15, 0.2) is 0 Å². The smallest absolute Gasteiger partial charge is 0.223 e. The molecular weight excluding hydrogens is 423 g/mol. The molecule has 8 heteroatoms. The van der Waals surface area contributed by atoms with E-state index < -0.39 is 17.0 Å². The van der Waals surface area contributed by atoms with Crippen LogP contribution in [-0.2, 0) is 10.2 Å². The van der Waals surface area contributed by atoms with Crippen molar-refractivity contribution in [2.75, 3.05) is 20.3 Å². The van der Waals surface area contributed by atoms with Crippen molar-refractivity contribution in [3.8, 4) is 28.5 Å². The van der Waals surface area contributed by atoms with Gasteiger partial charge in [-0.2, -0.15) is 4.39 Å². The van der Waals surface area contributed by atoms with Gasteiger partial charge in [0.25, 0.3) is 0 Å². The van der Waals surface area contributed by atoms with Gasteiger partial charge in [0, 0.05) is 36.5 Å². The summed E-state index contributed by atoms with van der Waals surface area (Å²) in [7, 11) is 1.65. The average molecular weight is 448 g/mol. The zero-order chi connectivity index (χ0) is 23.2. The Morgan fingerprint density at radius 3 is 2.79 bits per heavy atom. The molecule has 1 unspecified atom stereocenters. The second kappa shape index (κ2) is 7.74. The van der Waals surface area contributed by atoms with E-state index in [9.17, 15) is 4.39 Å². The zero-order valence-electron chi connectivity index (χ0n) is 18.7. The van der Waals surface area contributed by atoms with E-state index >= 15 is 0 Å². The van der Waals surface area contributed by atoms with Gasteiger partial charge in [0.1, 0.15) is 18.1 Å². The van der Waals surface area contributed by atoms with Gasteiger partial charge in [0.05, 0.1) is 23.0 Å². The van der Waals surface area contributed by atoms with Crippen LogP contribution in [0.4, 0.5) is 4.39 Å². The standard InChI is InChI=1S/C25H25FN4O3/c1-24(2,31-3)14-32-16-10-19-23(29-12-16)33-20-7-6-15(17-5-4-8-28-22(17)26)9-18(20)25(19)11-21(27)30-13-25/h4-12,30H,13-14,27H2,1-3H3. The lowest BCUT2D eigenvalue weighted by atomic mass is 9.73. The van der Waals surface area contributed by atoms with Gasteiger partial charge in [0.2, 0.25) is 11.8 Å². The van der Waals surface area contributed by atoms with Crippen LogP contribution in [-0.4, -0.2) is 35.8 Å². The molecule has 0 aliphatic carbocycles. The number of benzene rings is 1. The fourth-order valence-corrected chi connectivity index (χ4v) is 4.17. The average Bonchev–Trinajstić information content (AvgIpc) is 3.20. The molecule has 0 radical (unpaired) electrons. The summed E-state index contributed by atoms with van der Waals surface area (Å²) in [5, 5.41) is 3.23. The van der Waals surface area contributed by atoms with Gasteiger partial charge in [-0.05, 0) is 55.8 Å². The molecule has 0 amide bonds. The molecule has 7 nitrogen and oxygen atoms in total. The Hall–Kier alpha value is -3.65. The second-order valence-electron chi connectivity index (χ2n) is 8.86. The zero-order valence-corrected chi connectivity index (χ0v) is 18.7. The van der Waals surface area contributed by atoms with Crippen molar-refractivity contribution in [1.82, 2.24) is 15.3 Å². The van der Waals surface area contributed by atoms with Crippen LogP contribution in [0.1, 0.15) is 25.0 Å². The van der Waals surface area contributed by atoms with Gasteiger partial charge in [-0.1, -0.05) is 6.07 Å². The van der Waals surface area contributed by atoms with E-state index in [1.165, 1.54) is 6.20 Å². The third kappa shape index (κ3) is 3.66. The van der Waals surface area contributed by atoms with Crippen LogP contribution in [0.2, 0.25) is 0 Å². The molecule has 3 aromatic rings. The van der Waals surface area contributed by atoms with E-state index in [4.69, 9.17) is 19.9 Å². The molecule has 33 heavy (non-hydrogen) atoms. The number of ether oxygens (including phenoxy) is 3. The first-order valence-electron chi connectivity index (χ1n) is 10.7. The number of hydrogen-bond donors (Lipinski definition) is 2. The Labute approximate surface area is 191 Å². The van der Waals surface area contributed by atoms with E-state index in [1.54, 1.807) is 25.4 Å². The van der Waals surface area contributed by atoms with E-state index in [1.807, 2.05) is 44.2 Å². The molecule has 170 valence electrons. The van der Waals surface area contributed by atoms with Crippen LogP contribution < -0.4 is 20.5 Å². The maximum absolute atomic E-state index is 14.4. The summed E-state index contributed by atoms with van der Waals surface area (Å²) in [5.74, 6) is 1.75. The number of nitrogens with two attached hydrogens (primary N) is 1. The number of halogens is 1. The van der Waals surface area contributed by atoms with Crippen LogP contribution in [0.5, 0.6) is 17.4 Å². The highest BCUT2D eigenvalue weighted by atomic mass is 19.1. The van der Waals surface area contributed by atoms with Crippen molar-refractivity contribution in [2.24, 2.45) is 5.73 Å². The molecule has 2 aliphatic rings. The fraction of sp³-hybridized carbons (Fsp3) is 0.280. The molecule has 0 saturated carbocycles. The second-order valence-corrected chi connectivity index (χ2v) is 8.86. The molecule has 2 aliphatic heterocycles. The molecule has 5 rings (SSSR count). The van der Waals surface area contributed by atoms with Gasteiger partial charge >= 0.3 is 0 Å². The Kier molecular flexibility index (Phi) is 4.97. The summed E-state index contributed by atoms with van der Waals surface area (Å²) in [6.45, 7) is 4.76. The highest BCUT2D eigenvalue weighted by Gasteiger charge is 2.45. The van der Waals surface area contributed by atoms with E-state index in [0.717, 1.165) is 11.1 Å². The first kappa shape index (κ1) is 21.2. The molecule has 4 heterocycles. The molecule has 0 bridgehead atoms. The van der Waals surface area contributed by atoms with Gasteiger partial charge < -0.3 is 25.3 Å². The molecule has 0 saturated heterocycles. The summed E-state index contributed by atoms with van der Waals surface area (Å²) in [6.07, 6.45) is 5.03. The summed E-state index contributed by atoms with van der Waals surface area (Å²) in [5.41, 5.74) is 7.88. The Balaban J connectivity index is 1.61.